The van der Waals surface area contributed by atoms with Crippen molar-refractivity contribution in [3.63, 3.8) is 0 Å². The molecule has 2 saturated heterocycles. The minimum atomic E-state index is -0.474. The minimum Gasteiger partial charge on any atom is -0.399 e. The van der Waals surface area contributed by atoms with Crippen molar-refractivity contribution in [3.8, 4) is 0 Å². The van der Waals surface area contributed by atoms with Crippen LogP contribution < -0.4 is 5.73 Å². The van der Waals surface area contributed by atoms with E-state index in [9.17, 15) is 9.18 Å². The zero-order chi connectivity index (χ0) is 13.6. The van der Waals surface area contributed by atoms with Crippen LogP contribution in [0.25, 0.3) is 0 Å². The van der Waals surface area contributed by atoms with Crippen LogP contribution in [-0.4, -0.2) is 36.1 Å². The van der Waals surface area contributed by atoms with Crippen LogP contribution in [0.4, 0.5) is 10.1 Å². The number of carbonyl (C=O) groups excluding carboxylic acids is 1. The van der Waals surface area contributed by atoms with Gasteiger partial charge in [-0.3, -0.25) is 4.79 Å². The van der Waals surface area contributed by atoms with Gasteiger partial charge in [-0.15, -0.1) is 0 Å². The van der Waals surface area contributed by atoms with Gasteiger partial charge in [0, 0.05) is 18.8 Å². The molecule has 2 fully saturated rings. The molecule has 1 aromatic carbocycles. The molecule has 1 amide bonds. The average molecular weight is 264 g/mol. The highest BCUT2D eigenvalue weighted by Crippen LogP contribution is 2.28. The molecule has 2 aliphatic rings. The third kappa shape index (κ3) is 2.18. The van der Waals surface area contributed by atoms with Gasteiger partial charge < -0.3 is 15.4 Å². The first-order valence-corrected chi connectivity index (χ1v) is 6.55. The number of morpholine rings is 1. The van der Waals surface area contributed by atoms with E-state index >= 15 is 0 Å². The van der Waals surface area contributed by atoms with Gasteiger partial charge >= 0.3 is 0 Å². The summed E-state index contributed by atoms with van der Waals surface area (Å²) in [5.74, 6) is -0.758. The molecule has 19 heavy (non-hydrogen) atoms. The largest absolute Gasteiger partial charge is 0.399 e. The lowest BCUT2D eigenvalue weighted by molar-refractivity contribution is -0.0304. The van der Waals surface area contributed by atoms with Crippen molar-refractivity contribution < 1.29 is 13.9 Å². The predicted molar refractivity (Wildman–Crippen MR) is 69.3 cm³/mol. The van der Waals surface area contributed by atoms with E-state index in [4.69, 9.17) is 10.5 Å². The van der Waals surface area contributed by atoms with Crippen molar-refractivity contribution >= 4 is 11.6 Å². The summed E-state index contributed by atoms with van der Waals surface area (Å²) in [4.78, 5) is 14.1. The number of hydrogen-bond donors (Lipinski definition) is 1. The standard InChI is InChI=1S/C14H17FN2O2/c1-8-4-9(16)5-12(13(8)15)14(18)17-6-10-2-3-11(7-17)19-10/h4-5,10-11H,2-3,6-7,16H2,1H3. The zero-order valence-corrected chi connectivity index (χ0v) is 10.9. The van der Waals surface area contributed by atoms with Crippen molar-refractivity contribution in [2.24, 2.45) is 0 Å². The van der Waals surface area contributed by atoms with Gasteiger partial charge in [-0.05, 0) is 37.5 Å². The van der Waals surface area contributed by atoms with Crippen molar-refractivity contribution in [1.82, 2.24) is 4.90 Å². The molecule has 2 unspecified atom stereocenters. The normalized spacial score (nSPS) is 25.7. The molecule has 2 N–H and O–H groups in total. The molecule has 0 saturated carbocycles. The number of nitrogens with two attached hydrogens (primary N) is 1. The molecule has 0 aliphatic carbocycles. The van der Waals surface area contributed by atoms with Crippen LogP contribution in [0.15, 0.2) is 12.1 Å². The molecule has 4 nitrogen and oxygen atoms in total. The predicted octanol–water partition coefficient (Wildman–Crippen LogP) is 1.72. The lowest BCUT2D eigenvalue weighted by atomic mass is 10.1. The number of halogens is 1. The lowest BCUT2D eigenvalue weighted by Crippen LogP contribution is -2.46. The summed E-state index contributed by atoms with van der Waals surface area (Å²) >= 11 is 0. The number of anilines is 1. The summed E-state index contributed by atoms with van der Waals surface area (Å²) in [6.07, 6.45) is 2.17. The van der Waals surface area contributed by atoms with Crippen LogP contribution in [-0.2, 0) is 4.74 Å². The molecule has 0 aromatic heterocycles. The van der Waals surface area contributed by atoms with E-state index in [-0.39, 0.29) is 23.7 Å². The number of nitrogen functional groups attached to an aromatic ring is 1. The minimum absolute atomic E-state index is 0.0683. The molecule has 2 bridgehead atoms. The number of ether oxygens (including phenoxy) is 1. The van der Waals surface area contributed by atoms with E-state index in [0.717, 1.165) is 12.8 Å². The number of fused-ring (bicyclic) bond motifs is 2. The summed E-state index contributed by atoms with van der Waals surface area (Å²) in [6, 6.07) is 2.96. The van der Waals surface area contributed by atoms with E-state index in [0.29, 0.717) is 24.3 Å². The molecule has 0 radical (unpaired) electrons. The monoisotopic (exact) mass is 264 g/mol. The second-order valence-corrected chi connectivity index (χ2v) is 5.37. The Hall–Kier alpha value is -1.62. The SMILES string of the molecule is Cc1cc(N)cc(C(=O)N2CC3CCC(C2)O3)c1F. The van der Waals surface area contributed by atoms with Gasteiger partial charge in [-0.25, -0.2) is 4.39 Å². The number of carbonyl (C=O) groups is 1. The third-order valence-corrected chi connectivity index (χ3v) is 3.84. The second-order valence-electron chi connectivity index (χ2n) is 5.37. The van der Waals surface area contributed by atoms with Gasteiger partial charge in [0.1, 0.15) is 5.82 Å². The number of benzene rings is 1. The molecule has 2 aliphatic heterocycles. The topological polar surface area (TPSA) is 55.6 Å². The first-order chi connectivity index (χ1) is 9.04. The molecular formula is C14H17FN2O2. The Bertz CT molecular complexity index is 520. The molecule has 2 heterocycles. The highest BCUT2D eigenvalue weighted by atomic mass is 19.1. The Morgan fingerprint density at radius 2 is 2.00 bits per heavy atom. The van der Waals surface area contributed by atoms with Gasteiger partial charge in [0.25, 0.3) is 5.91 Å². The molecular weight excluding hydrogens is 247 g/mol. The maximum absolute atomic E-state index is 14.1. The zero-order valence-electron chi connectivity index (χ0n) is 10.9. The molecule has 2 atom stereocenters. The van der Waals surface area contributed by atoms with E-state index in [1.807, 2.05) is 0 Å². The molecule has 5 heteroatoms. The average Bonchev–Trinajstić information content (AvgIpc) is 2.72. The maximum Gasteiger partial charge on any atom is 0.257 e. The fraction of sp³-hybridized carbons (Fsp3) is 0.500. The van der Waals surface area contributed by atoms with Crippen LogP contribution in [0.5, 0.6) is 0 Å². The molecule has 1 aromatic rings. The summed E-state index contributed by atoms with van der Waals surface area (Å²) in [7, 11) is 0. The van der Waals surface area contributed by atoms with Crippen molar-refractivity contribution in [1.29, 1.82) is 0 Å². The number of likely N-dealkylation sites (tertiary alicyclic amines) is 1. The first kappa shape index (κ1) is 12.4. The van der Waals surface area contributed by atoms with Gasteiger partial charge in [0.15, 0.2) is 0 Å². The van der Waals surface area contributed by atoms with E-state index in [1.54, 1.807) is 11.8 Å². The summed E-state index contributed by atoms with van der Waals surface area (Å²) < 4.78 is 19.7. The fourth-order valence-corrected chi connectivity index (χ4v) is 2.90. The Morgan fingerprint density at radius 1 is 1.37 bits per heavy atom. The van der Waals surface area contributed by atoms with E-state index < -0.39 is 5.82 Å². The van der Waals surface area contributed by atoms with Crippen LogP contribution >= 0.6 is 0 Å². The Kier molecular flexibility index (Phi) is 2.93. The Morgan fingerprint density at radius 3 is 2.63 bits per heavy atom. The molecule has 3 rings (SSSR count). The summed E-state index contributed by atoms with van der Waals surface area (Å²) in [5, 5.41) is 0. The van der Waals surface area contributed by atoms with E-state index in [1.165, 1.54) is 12.1 Å². The molecule has 102 valence electrons. The van der Waals surface area contributed by atoms with Gasteiger partial charge in [-0.1, -0.05) is 0 Å². The Labute approximate surface area is 111 Å². The maximum atomic E-state index is 14.1. The Balaban J connectivity index is 1.88. The quantitative estimate of drug-likeness (QED) is 0.786. The highest BCUT2D eigenvalue weighted by Gasteiger charge is 2.36. The van der Waals surface area contributed by atoms with Gasteiger partial charge in [0.05, 0.1) is 17.8 Å². The summed E-state index contributed by atoms with van der Waals surface area (Å²) in [6.45, 7) is 2.71. The lowest BCUT2D eigenvalue weighted by Gasteiger charge is -2.32. The van der Waals surface area contributed by atoms with Crippen LogP contribution in [0.1, 0.15) is 28.8 Å². The number of aryl methyl sites for hydroxylation is 1. The highest BCUT2D eigenvalue weighted by molar-refractivity contribution is 5.95. The van der Waals surface area contributed by atoms with Crippen molar-refractivity contribution in [2.45, 2.75) is 32.0 Å². The van der Waals surface area contributed by atoms with Crippen molar-refractivity contribution in [3.05, 3.63) is 29.1 Å². The van der Waals surface area contributed by atoms with E-state index in [2.05, 4.69) is 0 Å². The number of hydrogen-bond acceptors (Lipinski definition) is 3. The molecule has 0 spiro atoms. The van der Waals surface area contributed by atoms with Crippen molar-refractivity contribution in [2.75, 3.05) is 18.8 Å². The first-order valence-electron chi connectivity index (χ1n) is 6.55. The third-order valence-electron chi connectivity index (χ3n) is 3.84. The number of rotatable bonds is 1. The number of amides is 1. The van der Waals surface area contributed by atoms with Gasteiger partial charge in [0.2, 0.25) is 0 Å². The van der Waals surface area contributed by atoms with Crippen LogP contribution in [0, 0.1) is 12.7 Å². The second kappa shape index (κ2) is 4.49. The van der Waals surface area contributed by atoms with Crippen LogP contribution in [0.2, 0.25) is 0 Å². The smallest absolute Gasteiger partial charge is 0.257 e. The van der Waals surface area contributed by atoms with Gasteiger partial charge in [-0.2, -0.15) is 0 Å². The van der Waals surface area contributed by atoms with Crippen LogP contribution in [0.3, 0.4) is 0 Å². The fourth-order valence-electron chi connectivity index (χ4n) is 2.90. The summed E-state index contributed by atoms with van der Waals surface area (Å²) in [5.41, 5.74) is 6.59. The number of nitrogens with zero attached hydrogens (tertiary/aromatic N) is 1.